The fourth-order valence-electron chi connectivity index (χ4n) is 0.287. The summed E-state index contributed by atoms with van der Waals surface area (Å²) in [6.45, 7) is 2.06. The van der Waals surface area contributed by atoms with Crippen LogP contribution in [0, 0.1) is 0 Å². The molecule has 1 nitrogen and oxygen atoms in total. The van der Waals surface area contributed by atoms with Gasteiger partial charge in [-0.25, -0.2) is 0 Å². The molecule has 1 fully saturated rings. The summed E-state index contributed by atoms with van der Waals surface area (Å²) >= 11 is 0. The molecule has 0 amide bonds. The van der Waals surface area contributed by atoms with Gasteiger partial charge in [-0.15, -0.1) is 0 Å². The maximum atomic E-state index is 10.2. The van der Waals surface area contributed by atoms with Gasteiger partial charge in [0.25, 0.3) is 0 Å². The lowest BCUT2D eigenvalue weighted by Crippen LogP contribution is -1.80. The van der Waals surface area contributed by atoms with Crippen LogP contribution >= 0.6 is 10.8 Å². The van der Waals surface area contributed by atoms with Gasteiger partial charge in [0, 0.05) is 16.6 Å². The first-order valence-electron chi connectivity index (χ1n) is 1.92. The average molecular weight is 122 g/mol. The van der Waals surface area contributed by atoms with Gasteiger partial charge >= 0.3 is 0 Å². The summed E-state index contributed by atoms with van der Waals surface area (Å²) < 4.78 is 10.7. The van der Waals surface area contributed by atoms with Crippen molar-refractivity contribution in [1.29, 1.82) is 0 Å². The van der Waals surface area contributed by atoms with E-state index in [4.69, 9.17) is 0 Å². The standard InChI is InChI=1S/C3H6OS2/c1-2-3-5-6(3)4/h3H,2H2,1H3. The Morgan fingerprint density at radius 2 is 2.50 bits per heavy atom. The lowest BCUT2D eigenvalue weighted by atomic mass is 10.6. The Balaban J connectivity index is 2.09. The maximum Gasteiger partial charge on any atom is 0.220 e. The zero-order valence-electron chi connectivity index (χ0n) is 3.51. The van der Waals surface area contributed by atoms with Gasteiger partial charge in [-0.1, -0.05) is 6.92 Å². The van der Waals surface area contributed by atoms with Crippen molar-refractivity contribution < 1.29 is 4.55 Å². The fourth-order valence-corrected chi connectivity index (χ4v) is 2.47. The molecule has 0 saturated carbocycles. The third-order valence-corrected chi connectivity index (χ3v) is 4.00. The van der Waals surface area contributed by atoms with E-state index in [0.29, 0.717) is 4.58 Å². The monoisotopic (exact) mass is 122 g/mol. The Kier molecular flexibility index (Phi) is 1.31. The molecule has 0 aromatic heterocycles. The summed E-state index contributed by atoms with van der Waals surface area (Å²) in [5.41, 5.74) is 0. The van der Waals surface area contributed by atoms with Crippen LogP contribution in [0.4, 0.5) is 0 Å². The molecule has 0 bridgehead atoms. The van der Waals surface area contributed by atoms with Crippen LogP contribution < -0.4 is 0 Å². The SMILES string of the molecule is CCC1S[S+]1[O-]. The molecular formula is C3H6OS2. The van der Waals surface area contributed by atoms with Gasteiger partial charge in [0.05, 0.1) is 0 Å². The van der Waals surface area contributed by atoms with Crippen molar-refractivity contribution >= 4 is 21.0 Å². The molecule has 0 spiro atoms. The van der Waals surface area contributed by atoms with E-state index in [-0.39, 0.29) is 0 Å². The summed E-state index contributed by atoms with van der Waals surface area (Å²) in [5.74, 6) is 0. The molecule has 1 heterocycles. The second-order valence-corrected chi connectivity index (χ2v) is 4.91. The van der Waals surface area contributed by atoms with Crippen molar-refractivity contribution in [3.05, 3.63) is 0 Å². The molecule has 0 radical (unpaired) electrons. The molecule has 1 saturated heterocycles. The van der Waals surface area contributed by atoms with E-state index in [1.54, 1.807) is 10.8 Å². The highest BCUT2D eigenvalue weighted by Gasteiger charge is 2.43. The Labute approximate surface area is 44.1 Å². The first-order chi connectivity index (χ1) is 2.84. The van der Waals surface area contributed by atoms with Crippen molar-refractivity contribution in [3.8, 4) is 0 Å². The smallest absolute Gasteiger partial charge is 0.220 e. The molecule has 36 valence electrons. The van der Waals surface area contributed by atoms with E-state index in [2.05, 4.69) is 6.92 Å². The number of hydrogen-bond acceptors (Lipinski definition) is 2. The van der Waals surface area contributed by atoms with Crippen molar-refractivity contribution in [2.24, 2.45) is 0 Å². The largest absolute Gasteiger partial charge is 0.604 e. The Bertz CT molecular complexity index is 54.8. The summed E-state index contributed by atoms with van der Waals surface area (Å²) in [6, 6.07) is 0. The zero-order chi connectivity index (χ0) is 4.57. The molecule has 3 heteroatoms. The highest BCUT2D eigenvalue weighted by molar-refractivity contribution is 8.88. The molecular weight excluding hydrogens is 116 g/mol. The van der Waals surface area contributed by atoms with E-state index in [0.717, 1.165) is 6.42 Å². The van der Waals surface area contributed by atoms with Crippen LogP contribution in [-0.2, 0) is 10.2 Å². The summed E-state index contributed by atoms with van der Waals surface area (Å²) in [5, 5.41) is 0. The predicted octanol–water partition coefficient (Wildman–Crippen LogP) is 1.13. The van der Waals surface area contributed by atoms with Gasteiger partial charge in [0.2, 0.25) is 4.58 Å². The van der Waals surface area contributed by atoms with Crippen molar-refractivity contribution in [1.82, 2.24) is 0 Å². The average Bonchev–Trinajstić information content (AvgIpc) is 2.19. The van der Waals surface area contributed by atoms with Gasteiger partial charge in [0.15, 0.2) is 10.8 Å². The quantitative estimate of drug-likeness (QED) is 0.295. The lowest BCUT2D eigenvalue weighted by molar-refractivity contribution is 0.611. The van der Waals surface area contributed by atoms with Crippen LogP contribution in [0.15, 0.2) is 0 Å². The second-order valence-electron chi connectivity index (χ2n) is 1.19. The van der Waals surface area contributed by atoms with Gasteiger partial charge in [-0.2, -0.15) is 0 Å². The topological polar surface area (TPSA) is 23.1 Å². The maximum absolute atomic E-state index is 10.2. The van der Waals surface area contributed by atoms with Crippen molar-refractivity contribution in [2.45, 2.75) is 17.9 Å². The van der Waals surface area contributed by atoms with Crippen LogP contribution in [0.3, 0.4) is 0 Å². The minimum Gasteiger partial charge on any atom is -0.604 e. The normalized spacial score (nSPS) is 43.0. The molecule has 0 aliphatic carbocycles. The summed E-state index contributed by atoms with van der Waals surface area (Å²) in [7, 11) is 1.08. The molecule has 0 aromatic rings. The van der Waals surface area contributed by atoms with Gasteiger partial charge in [0.1, 0.15) is 0 Å². The van der Waals surface area contributed by atoms with Crippen LogP contribution in [0.1, 0.15) is 13.3 Å². The van der Waals surface area contributed by atoms with E-state index < -0.39 is 10.2 Å². The molecule has 6 heavy (non-hydrogen) atoms. The first kappa shape index (κ1) is 4.81. The van der Waals surface area contributed by atoms with Crippen LogP contribution in [0.25, 0.3) is 0 Å². The predicted molar refractivity (Wildman–Crippen MR) is 29.8 cm³/mol. The molecule has 1 rings (SSSR count). The van der Waals surface area contributed by atoms with Gasteiger partial charge in [-0.3, -0.25) is 0 Å². The molecule has 0 N–H and O–H groups in total. The summed E-state index contributed by atoms with van der Waals surface area (Å²) in [6.07, 6.45) is 1.07. The summed E-state index contributed by atoms with van der Waals surface area (Å²) in [4.78, 5) is 0. The van der Waals surface area contributed by atoms with Crippen molar-refractivity contribution in [2.75, 3.05) is 0 Å². The minimum absolute atomic E-state index is 0.482. The van der Waals surface area contributed by atoms with E-state index in [1.807, 2.05) is 0 Å². The highest BCUT2D eigenvalue weighted by Crippen LogP contribution is 2.45. The van der Waals surface area contributed by atoms with E-state index >= 15 is 0 Å². The van der Waals surface area contributed by atoms with Gasteiger partial charge < -0.3 is 4.55 Å². The minimum atomic E-state index is -0.482. The molecule has 1 aliphatic heterocycles. The lowest BCUT2D eigenvalue weighted by Gasteiger charge is -1.75. The van der Waals surface area contributed by atoms with Crippen molar-refractivity contribution in [3.63, 3.8) is 0 Å². The molecule has 2 unspecified atom stereocenters. The fraction of sp³-hybridized carbons (Fsp3) is 1.00. The van der Waals surface area contributed by atoms with Crippen LogP contribution in [-0.4, -0.2) is 9.13 Å². The van der Waals surface area contributed by atoms with Gasteiger partial charge in [-0.05, 0) is 0 Å². The van der Waals surface area contributed by atoms with E-state index in [1.165, 1.54) is 0 Å². The molecule has 1 aliphatic rings. The van der Waals surface area contributed by atoms with E-state index in [9.17, 15) is 4.55 Å². The Morgan fingerprint density at radius 3 is 2.50 bits per heavy atom. The zero-order valence-corrected chi connectivity index (χ0v) is 5.14. The highest BCUT2D eigenvalue weighted by atomic mass is 33.2. The number of rotatable bonds is 1. The third-order valence-electron chi connectivity index (χ3n) is 0.712. The number of hydrogen-bond donors (Lipinski definition) is 0. The van der Waals surface area contributed by atoms with Crippen LogP contribution in [0.2, 0.25) is 0 Å². The third kappa shape index (κ3) is 0.832. The molecule has 2 atom stereocenters. The second kappa shape index (κ2) is 1.64. The Hall–Kier alpha value is 0.660. The first-order valence-corrected chi connectivity index (χ1v) is 4.53. The van der Waals surface area contributed by atoms with Crippen LogP contribution in [0.5, 0.6) is 0 Å². The molecule has 0 aromatic carbocycles. The Morgan fingerprint density at radius 1 is 2.00 bits per heavy atom.